The van der Waals surface area contributed by atoms with Crippen LogP contribution in [0.1, 0.15) is 23.6 Å². The van der Waals surface area contributed by atoms with E-state index in [1.165, 1.54) is 11.1 Å². The first-order chi connectivity index (χ1) is 8.24. The number of nitrogens with one attached hydrogen (secondary N) is 3. The Labute approximate surface area is 102 Å². The van der Waals surface area contributed by atoms with Crippen molar-refractivity contribution in [2.24, 2.45) is 0 Å². The summed E-state index contributed by atoms with van der Waals surface area (Å²) in [5.74, 6) is 0.116. The van der Waals surface area contributed by atoms with Crippen LogP contribution in [0.5, 0.6) is 0 Å². The summed E-state index contributed by atoms with van der Waals surface area (Å²) in [5.41, 5.74) is 3.46. The number of carbonyl (C=O) groups is 1. The minimum absolute atomic E-state index is 0.116. The van der Waals surface area contributed by atoms with E-state index in [4.69, 9.17) is 0 Å². The van der Waals surface area contributed by atoms with Crippen LogP contribution in [0.3, 0.4) is 0 Å². The fourth-order valence-electron chi connectivity index (χ4n) is 2.21. The van der Waals surface area contributed by atoms with E-state index in [2.05, 4.69) is 28.1 Å². The Kier molecular flexibility index (Phi) is 3.76. The second-order valence-electron chi connectivity index (χ2n) is 4.36. The summed E-state index contributed by atoms with van der Waals surface area (Å²) in [5, 5.41) is 9.36. The van der Waals surface area contributed by atoms with Crippen LogP contribution >= 0.6 is 0 Å². The highest BCUT2D eigenvalue weighted by molar-refractivity contribution is 5.93. The lowest BCUT2D eigenvalue weighted by atomic mass is 9.97. The number of amides is 1. The zero-order chi connectivity index (χ0) is 12.3. The van der Waals surface area contributed by atoms with Gasteiger partial charge in [-0.05, 0) is 37.7 Å². The Bertz CT molecular complexity index is 417. The molecule has 0 saturated heterocycles. The predicted octanol–water partition coefficient (Wildman–Crippen LogP) is 1.05. The zero-order valence-electron chi connectivity index (χ0n) is 10.3. The average molecular weight is 233 g/mol. The highest BCUT2D eigenvalue weighted by atomic mass is 16.1. The molecule has 4 nitrogen and oxygen atoms in total. The third-order valence-corrected chi connectivity index (χ3v) is 3.18. The molecule has 1 amide bonds. The quantitative estimate of drug-likeness (QED) is 0.728. The molecule has 1 aromatic rings. The van der Waals surface area contributed by atoms with Crippen LogP contribution in [-0.2, 0) is 11.2 Å². The van der Waals surface area contributed by atoms with Crippen molar-refractivity contribution >= 4 is 11.6 Å². The summed E-state index contributed by atoms with van der Waals surface area (Å²) >= 11 is 0. The Balaban J connectivity index is 2.23. The van der Waals surface area contributed by atoms with E-state index < -0.39 is 0 Å². The normalized spacial score (nSPS) is 16.2. The Morgan fingerprint density at radius 3 is 2.88 bits per heavy atom. The van der Waals surface area contributed by atoms with Gasteiger partial charge in [-0.25, -0.2) is 0 Å². The number of anilines is 1. The van der Waals surface area contributed by atoms with Gasteiger partial charge in [0.1, 0.15) is 0 Å². The number of benzene rings is 1. The first-order valence-corrected chi connectivity index (χ1v) is 5.99. The molecule has 1 atom stereocenters. The molecule has 0 fully saturated rings. The second kappa shape index (κ2) is 5.29. The molecule has 1 aliphatic heterocycles. The third-order valence-electron chi connectivity index (χ3n) is 3.18. The monoisotopic (exact) mass is 233 g/mol. The van der Waals surface area contributed by atoms with Crippen LogP contribution < -0.4 is 16.0 Å². The Hall–Kier alpha value is -1.39. The van der Waals surface area contributed by atoms with Crippen molar-refractivity contribution in [1.82, 2.24) is 10.6 Å². The molecule has 2 rings (SSSR count). The molecular formula is C13H19N3O. The van der Waals surface area contributed by atoms with Crippen LogP contribution in [-0.4, -0.2) is 26.5 Å². The summed E-state index contributed by atoms with van der Waals surface area (Å²) in [6.07, 6.45) is 1.43. The molecule has 0 spiro atoms. The second-order valence-corrected chi connectivity index (χ2v) is 4.36. The van der Waals surface area contributed by atoms with Gasteiger partial charge in [0.25, 0.3) is 0 Å². The molecule has 17 heavy (non-hydrogen) atoms. The Morgan fingerprint density at radius 2 is 2.18 bits per heavy atom. The maximum absolute atomic E-state index is 11.3. The number of fused-ring (bicyclic) bond motifs is 1. The van der Waals surface area contributed by atoms with E-state index in [-0.39, 0.29) is 5.91 Å². The van der Waals surface area contributed by atoms with E-state index in [0.717, 1.165) is 18.7 Å². The number of likely N-dealkylation sites (N-methyl/N-ethyl adjacent to an activating group) is 2. The van der Waals surface area contributed by atoms with Gasteiger partial charge in [0.05, 0.1) is 0 Å². The molecule has 0 bridgehead atoms. The lowest BCUT2D eigenvalue weighted by Gasteiger charge is -2.21. The van der Waals surface area contributed by atoms with E-state index in [1.54, 1.807) is 0 Å². The van der Waals surface area contributed by atoms with Gasteiger partial charge in [-0.2, -0.15) is 0 Å². The molecular weight excluding hydrogens is 214 g/mol. The lowest BCUT2D eigenvalue weighted by molar-refractivity contribution is -0.116. The molecule has 0 saturated carbocycles. The van der Waals surface area contributed by atoms with Crippen LogP contribution in [0.4, 0.5) is 5.69 Å². The summed E-state index contributed by atoms with van der Waals surface area (Å²) in [6.45, 7) is 0.891. The van der Waals surface area contributed by atoms with Crippen molar-refractivity contribution in [1.29, 1.82) is 0 Å². The average Bonchev–Trinajstić information content (AvgIpc) is 2.35. The van der Waals surface area contributed by atoms with Crippen molar-refractivity contribution in [2.75, 3.05) is 26.0 Å². The molecule has 1 unspecified atom stereocenters. The summed E-state index contributed by atoms with van der Waals surface area (Å²) in [6, 6.07) is 6.57. The molecule has 1 aliphatic rings. The minimum atomic E-state index is 0.116. The predicted molar refractivity (Wildman–Crippen MR) is 69.1 cm³/mol. The molecule has 92 valence electrons. The van der Waals surface area contributed by atoms with E-state index in [1.807, 2.05) is 20.2 Å². The van der Waals surface area contributed by atoms with E-state index >= 15 is 0 Å². The molecule has 4 heteroatoms. The molecule has 0 aliphatic carbocycles. The van der Waals surface area contributed by atoms with Crippen LogP contribution in [0.25, 0.3) is 0 Å². The first kappa shape index (κ1) is 12.1. The van der Waals surface area contributed by atoms with Gasteiger partial charge in [-0.15, -0.1) is 0 Å². The van der Waals surface area contributed by atoms with Gasteiger partial charge in [0, 0.05) is 24.7 Å². The van der Waals surface area contributed by atoms with Gasteiger partial charge in [-0.1, -0.05) is 12.1 Å². The van der Waals surface area contributed by atoms with E-state index in [0.29, 0.717) is 12.5 Å². The van der Waals surface area contributed by atoms with Crippen molar-refractivity contribution < 1.29 is 4.79 Å². The largest absolute Gasteiger partial charge is 0.326 e. The zero-order valence-corrected chi connectivity index (χ0v) is 10.3. The van der Waals surface area contributed by atoms with Crippen molar-refractivity contribution in [3.05, 3.63) is 29.3 Å². The highest BCUT2D eigenvalue weighted by Gasteiger charge is 2.16. The van der Waals surface area contributed by atoms with Crippen molar-refractivity contribution in [2.45, 2.75) is 18.9 Å². The van der Waals surface area contributed by atoms with Gasteiger partial charge in [-0.3, -0.25) is 4.79 Å². The number of hydrogen-bond acceptors (Lipinski definition) is 3. The van der Waals surface area contributed by atoms with Crippen LogP contribution in [0.15, 0.2) is 18.2 Å². The fraction of sp³-hybridized carbons (Fsp3) is 0.462. The fourth-order valence-corrected chi connectivity index (χ4v) is 2.21. The smallest absolute Gasteiger partial charge is 0.224 e. The molecule has 1 heterocycles. The van der Waals surface area contributed by atoms with Gasteiger partial charge in [0.15, 0.2) is 0 Å². The van der Waals surface area contributed by atoms with Crippen molar-refractivity contribution in [3.63, 3.8) is 0 Å². The number of aryl methyl sites for hydroxylation is 1. The number of carbonyl (C=O) groups excluding carboxylic acids is 1. The standard InChI is InChI=1S/C13H19N3O/c1-14-8-12(15-2)10-3-5-11-9(7-10)4-6-13(17)16-11/h3,5,7,12,14-15H,4,6,8H2,1-2H3,(H,16,17). The molecule has 0 aromatic heterocycles. The first-order valence-electron chi connectivity index (χ1n) is 5.99. The summed E-state index contributed by atoms with van der Waals surface area (Å²) < 4.78 is 0. The summed E-state index contributed by atoms with van der Waals surface area (Å²) in [4.78, 5) is 11.3. The topological polar surface area (TPSA) is 53.2 Å². The molecule has 3 N–H and O–H groups in total. The SMILES string of the molecule is CNCC(NC)c1ccc2c(c1)CCC(=O)N2. The van der Waals surface area contributed by atoms with Gasteiger partial charge in [0.2, 0.25) is 5.91 Å². The Morgan fingerprint density at radius 1 is 1.35 bits per heavy atom. The minimum Gasteiger partial charge on any atom is -0.326 e. The van der Waals surface area contributed by atoms with Gasteiger partial charge >= 0.3 is 0 Å². The van der Waals surface area contributed by atoms with Crippen molar-refractivity contribution in [3.8, 4) is 0 Å². The highest BCUT2D eigenvalue weighted by Crippen LogP contribution is 2.25. The maximum Gasteiger partial charge on any atom is 0.224 e. The number of hydrogen-bond donors (Lipinski definition) is 3. The third kappa shape index (κ3) is 2.65. The van der Waals surface area contributed by atoms with Crippen LogP contribution in [0, 0.1) is 0 Å². The molecule has 1 aromatic carbocycles. The summed E-state index contributed by atoms with van der Waals surface area (Å²) in [7, 11) is 3.91. The maximum atomic E-state index is 11.3. The van der Waals surface area contributed by atoms with Crippen LogP contribution in [0.2, 0.25) is 0 Å². The van der Waals surface area contributed by atoms with E-state index in [9.17, 15) is 4.79 Å². The lowest BCUT2D eigenvalue weighted by Crippen LogP contribution is -2.27. The number of rotatable bonds is 4. The van der Waals surface area contributed by atoms with Gasteiger partial charge < -0.3 is 16.0 Å². The molecule has 0 radical (unpaired) electrons.